The van der Waals surface area contributed by atoms with Crippen LogP contribution in [0.15, 0.2) is 17.4 Å². The van der Waals surface area contributed by atoms with E-state index in [9.17, 15) is 4.79 Å². The van der Waals surface area contributed by atoms with E-state index in [0.29, 0.717) is 6.54 Å². The summed E-state index contributed by atoms with van der Waals surface area (Å²) in [6, 6.07) is 0. The molecule has 1 aromatic rings. The first kappa shape index (κ1) is 12.3. The van der Waals surface area contributed by atoms with Crippen molar-refractivity contribution in [1.29, 1.82) is 0 Å². The minimum absolute atomic E-state index is 0.00857. The van der Waals surface area contributed by atoms with Gasteiger partial charge in [-0.2, -0.15) is 0 Å². The van der Waals surface area contributed by atoms with E-state index in [2.05, 4.69) is 9.97 Å². The van der Waals surface area contributed by atoms with E-state index in [1.54, 1.807) is 19.4 Å². The average Bonchev–Trinajstić information content (AvgIpc) is 2.28. The third kappa shape index (κ3) is 3.35. The SMILES string of the molecule is CSc1nccnc1CN(C)C(=O)CCl. The Labute approximate surface area is 98.0 Å². The van der Waals surface area contributed by atoms with E-state index in [1.807, 2.05) is 6.26 Å². The largest absolute Gasteiger partial charge is 0.339 e. The highest BCUT2D eigenvalue weighted by molar-refractivity contribution is 7.98. The van der Waals surface area contributed by atoms with Crippen LogP contribution in [0.4, 0.5) is 0 Å². The van der Waals surface area contributed by atoms with E-state index in [-0.39, 0.29) is 11.8 Å². The lowest BCUT2D eigenvalue weighted by Crippen LogP contribution is -2.27. The predicted molar refractivity (Wildman–Crippen MR) is 61.0 cm³/mol. The monoisotopic (exact) mass is 245 g/mol. The number of nitrogens with zero attached hydrogens (tertiary/aromatic N) is 3. The molecule has 1 aromatic heterocycles. The lowest BCUT2D eigenvalue weighted by atomic mass is 10.4. The molecular formula is C9H12ClN3OS. The number of amides is 1. The minimum atomic E-state index is -0.116. The topological polar surface area (TPSA) is 46.1 Å². The van der Waals surface area contributed by atoms with Gasteiger partial charge in [-0.05, 0) is 6.26 Å². The Bertz CT molecular complexity index is 348. The fraction of sp³-hybridized carbons (Fsp3) is 0.444. The molecule has 0 aliphatic heterocycles. The zero-order valence-electron chi connectivity index (χ0n) is 8.61. The van der Waals surface area contributed by atoms with Crippen LogP contribution in [0, 0.1) is 0 Å². The van der Waals surface area contributed by atoms with Crippen LogP contribution < -0.4 is 0 Å². The van der Waals surface area contributed by atoms with Crippen molar-refractivity contribution < 1.29 is 4.79 Å². The van der Waals surface area contributed by atoms with Crippen molar-refractivity contribution in [2.45, 2.75) is 11.6 Å². The smallest absolute Gasteiger partial charge is 0.237 e. The highest BCUT2D eigenvalue weighted by Gasteiger charge is 2.11. The second-order valence-electron chi connectivity index (χ2n) is 2.90. The molecule has 0 radical (unpaired) electrons. The Balaban J connectivity index is 2.75. The van der Waals surface area contributed by atoms with Gasteiger partial charge in [-0.15, -0.1) is 23.4 Å². The Hall–Kier alpha value is -0.810. The van der Waals surface area contributed by atoms with Gasteiger partial charge in [0, 0.05) is 19.4 Å². The maximum absolute atomic E-state index is 11.3. The maximum atomic E-state index is 11.3. The molecule has 6 heteroatoms. The van der Waals surface area contributed by atoms with E-state index in [1.165, 1.54) is 16.7 Å². The number of rotatable bonds is 4. The van der Waals surface area contributed by atoms with E-state index < -0.39 is 0 Å². The van der Waals surface area contributed by atoms with Gasteiger partial charge in [-0.3, -0.25) is 9.78 Å². The van der Waals surface area contributed by atoms with Crippen LogP contribution in [0.25, 0.3) is 0 Å². The molecule has 15 heavy (non-hydrogen) atoms. The average molecular weight is 246 g/mol. The van der Waals surface area contributed by atoms with Crippen molar-refractivity contribution in [1.82, 2.24) is 14.9 Å². The Morgan fingerprint density at radius 3 is 2.80 bits per heavy atom. The molecule has 0 aliphatic rings. The van der Waals surface area contributed by atoms with Gasteiger partial charge >= 0.3 is 0 Å². The maximum Gasteiger partial charge on any atom is 0.237 e. The Kier molecular flexibility index (Phi) is 4.84. The summed E-state index contributed by atoms with van der Waals surface area (Å²) in [5.41, 5.74) is 0.797. The van der Waals surface area contributed by atoms with Crippen LogP contribution in [0.3, 0.4) is 0 Å². The molecule has 0 N–H and O–H groups in total. The van der Waals surface area contributed by atoms with Crippen LogP contribution in [-0.4, -0.2) is 40.0 Å². The number of halogens is 1. The van der Waals surface area contributed by atoms with Gasteiger partial charge in [-0.1, -0.05) is 0 Å². The van der Waals surface area contributed by atoms with Crippen molar-refractivity contribution in [3.8, 4) is 0 Å². The highest BCUT2D eigenvalue weighted by atomic mass is 35.5. The van der Waals surface area contributed by atoms with Crippen LogP contribution in [0.2, 0.25) is 0 Å². The van der Waals surface area contributed by atoms with Crippen molar-refractivity contribution >= 4 is 29.3 Å². The van der Waals surface area contributed by atoms with E-state index >= 15 is 0 Å². The van der Waals surface area contributed by atoms with Crippen LogP contribution in [0.5, 0.6) is 0 Å². The third-order valence-electron chi connectivity index (χ3n) is 1.86. The van der Waals surface area contributed by atoms with Gasteiger partial charge in [0.05, 0.1) is 12.2 Å². The fourth-order valence-electron chi connectivity index (χ4n) is 1.05. The lowest BCUT2D eigenvalue weighted by molar-refractivity contribution is -0.127. The molecule has 0 saturated carbocycles. The van der Waals surface area contributed by atoms with Gasteiger partial charge in [0.1, 0.15) is 10.9 Å². The molecule has 0 bridgehead atoms. The second kappa shape index (κ2) is 5.92. The summed E-state index contributed by atoms with van der Waals surface area (Å²) >= 11 is 6.97. The number of hydrogen-bond acceptors (Lipinski definition) is 4. The van der Waals surface area contributed by atoms with E-state index in [4.69, 9.17) is 11.6 Å². The van der Waals surface area contributed by atoms with Gasteiger partial charge in [-0.25, -0.2) is 4.98 Å². The second-order valence-corrected chi connectivity index (χ2v) is 3.96. The molecule has 0 unspecified atom stereocenters. The van der Waals surface area contributed by atoms with Crippen LogP contribution in [0.1, 0.15) is 5.69 Å². The number of aromatic nitrogens is 2. The number of carbonyl (C=O) groups excluding carboxylic acids is 1. The van der Waals surface area contributed by atoms with Gasteiger partial charge in [0.25, 0.3) is 0 Å². The molecule has 1 heterocycles. The molecule has 1 amide bonds. The summed E-state index contributed by atoms with van der Waals surface area (Å²) in [6.45, 7) is 0.440. The molecular weight excluding hydrogens is 234 g/mol. The molecule has 0 fully saturated rings. The molecule has 0 aliphatic carbocycles. The summed E-state index contributed by atoms with van der Waals surface area (Å²) < 4.78 is 0. The van der Waals surface area contributed by atoms with Crippen molar-refractivity contribution in [3.05, 3.63) is 18.1 Å². The highest BCUT2D eigenvalue weighted by Crippen LogP contribution is 2.15. The van der Waals surface area contributed by atoms with Crippen molar-refractivity contribution in [2.75, 3.05) is 19.2 Å². The first-order valence-corrected chi connectivity index (χ1v) is 6.08. The standard InChI is InChI=1S/C9H12ClN3OS/c1-13(8(14)5-10)6-7-9(15-2)12-4-3-11-7/h3-4H,5-6H2,1-2H3. The number of thioether (sulfide) groups is 1. The molecule has 82 valence electrons. The fourth-order valence-corrected chi connectivity index (χ4v) is 1.77. The van der Waals surface area contributed by atoms with Gasteiger partial charge < -0.3 is 4.90 Å². The third-order valence-corrected chi connectivity index (χ3v) is 2.81. The summed E-state index contributed by atoms with van der Waals surface area (Å²) in [4.78, 5) is 21.1. The first-order valence-electron chi connectivity index (χ1n) is 4.32. The normalized spacial score (nSPS) is 10.1. The van der Waals surface area contributed by atoms with Crippen LogP contribution >= 0.6 is 23.4 Å². The number of alkyl halides is 1. The summed E-state index contributed by atoms with van der Waals surface area (Å²) in [6.07, 6.45) is 5.18. The molecule has 0 spiro atoms. The minimum Gasteiger partial charge on any atom is -0.339 e. The summed E-state index contributed by atoms with van der Waals surface area (Å²) in [5, 5.41) is 0.840. The quantitative estimate of drug-likeness (QED) is 0.594. The van der Waals surface area contributed by atoms with Crippen molar-refractivity contribution in [2.24, 2.45) is 0 Å². The van der Waals surface area contributed by atoms with E-state index in [0.717, 1.165) is 10.7 Å². The summed E-state index contributed by atoms with van der Waals surface area (Å²) in [5.74, 6) is -0.125. The van der Waals surface area contributed by atoms with Crippen LogP contribution in [-0.2, 0) is 11.3 Å². The summed E-state index contributed by atoms with van der Waals surface area (Å²) in [7, 11) is 1.70. The number of carbonyl (C=O) groups is 1. The Morgan fingerprint density at radius 2 is 2.20 bits per heavy atom. The zero-order valence-corrected chi connectivity index (χ0v) is 10.2. The van der Waals surface area contributed by atoms with Crippen molar-refractivity contribution in [3.63, 3.8) is 0 Å². The van der Waals surface area contributed by atoms with Gasteiger partial charge in [0.15, 0.2) is 0 Å². The lowest BCUT2D eigenvalue weighted by Gasteiger charge is -2.15. The molecule has 0 aromatic carbocycles. The molecule has 1 rings (SSSR count). The first-order chi connectivity index (χ1) is 7.19. The van der Waals surface area contributed by atoms with Gasteiger partial charge in [0.2, 0.25) is 5.91 Å². The molecule has 0 atom stereocenters. The molecule has 4 nitrogen and oxygen atoms in total. The molecule has 0 saturated heterocycles. The number of hydrogen-bond donors (Lipinski definition) is 0. The Morgan fingerprint density at radius 1 is 1.53 bits per heavy atom. The predicted octanol–water partition coefficient (Wildman–Crippen LogP) is 1.40. The zero-order chi connectivity index (χ0) is 11.3.